The Hall–Kier alpha value is -2.01. The maximum Gasteiger partial charge on any atom is 0.231 e. The first-order chi connectivity index (χ1) is 9.76. The summed E-state index contributed by atoms with van der Waals surface area (Å²) >= 11 is 5.97. The molecule has 1 aromatic carbocycles. The van der Waals surface area contributed by atoms with Crippen molar-refractivity contribution in [3.05, 3.63) is 40.8 Å². The molecule has 5 nitrogen and oxygen atoms in total. The number of anilines is 1. The molecule has 0 radical (unpaired) electrons. The molecule has 6 heteroatoms. The van der Waals surface area contributed by atoms with Crippen LogP contribution in [0.2, 0.25) is 5.15 Å². The second-order valence-corrected chi connectivity index (χ2v) is 4.74. The molecule has 20 heavy (non-hydrogen) atoms. The molecule has 2 heterocycles. The van der Waals surface area contributed by atoms with E-state index in [9.17, 15) is 0 Å². The van der Waals surface area contributed by atoms with Gasteiger partial charge in [-0.3, -0.25) is 0 Å². The van der Waals surface area contributed by atoms with E-state index in [0.29, 0.717) is 17.5 Å². The number of hydrogen-bond acceptors (Lipinski definition) is 5. The summed E-state index contributed by atoms with van der Waals surface area (Å²) in [6.45, 7) is 2.85. The number of aryl methyl sites for hydroxylation is 1. The smallest absolute Gasteiger partial charge is 0.231 e. The molecule has 0 unspecified atom stereocenters. The van der Waals surface area contributed by atoms with Crippen LogP contribution >= 0.6 is 11.6 Å². The third kappa shape index (κ3) is 2.63. The quantitative estimate of drug-likeness (QED) is 0.878. The first-order valence-corrected chi connectivity index (χ1v) is 6.79. The van der Waals surface area contributed by atoms with Gasteiger partial charge in [-0.2, -0.15) is 0 Å². The Morgan fingerprint density at radius 3 is 3.05 bits per heavy atom. The number of hydrogen-bond donors (Lipinski definition) is 1. The Morgan fingerprint density at radius 1 is 1.30 bits per heavy atom. The number of rotatable bonds is 4. The maximum absolute atomic E-state index is 5.97. The SMILES string of the molecule is CCc1nc(Cl)cc(NCc2cccc3c2OCO3)n1. The van der Waals surface area contributed by atoms with E-state index in [1.165, 1.54) is 0 Å². The van der Waals surface area contributed by atoms with Gasteiger partial charge in [-0.1, -0.05) is 30.7 Å². The van der Waals surface area contributed by atoms with Gasteiger partial charge in [0.2, 0.25) is 6.79 Å². The van der Waals surface area contributed by atoms with Gasteiger partial charge in [-0.05, 0) is 6.07 Å². The zero-order valence-corrected chi connectivity index (χ0v) is 11.8. The van der Waals surface area contributed by atoms with Crippen LogP contribution in [0.4, 0.5) is 5.82 Å². The Kier molecular flexibility index (Phi) is 3.60. The van der Waals surface area contributed by atoms with Crippen molar-refractivity contribution in [1.82, 2.24) is 9.97 Å². The van der Waals surface area contributed by atoms with Crippen LogP contribution in [-0.2, 0) is 13.0 Å². The second-order valence-electron chi connectivity index (χ2n) is 4.35. The Bertz CT molecular complexity index is 634. The van der Waals surface area contributed by atoms with Gasteiger partial charge in [0.05, 0.1) is 0 Å². The summed E-state index contributed by atoms with van der Waals surface area (Å²) in [6, 6.07) is 7.53. The number of halogens is 1. The van der Waals surface area contributed by atoms with E-state index >= 15 is 0 Å². The molecule has 0 spiro atoms. The minimum absolute atomic E-state index is 0.270. The molecule has 0 saturated carbocycles. The lowest BCUT2D eigenvalue weighted by molar-refractivity contribution is 0.173. The van der Waals surface area contributed by atoms with Crippen LogP contribution in [0, 0.1) is 0 Å². The number of para-hydroxylation sites is 1. The van der Waals surface area contributed by atoms with Gasteiger partial charge in [0.15, 0.2) is 11.5 Å². The molecule has 0 fully saturated rings. The number of ether oxygens (including phenoxy) is 2. The molecule has 0 saturated heterocycles. The molecule has 0 amide bonds. The topological polar surface area (TPSA) is 56.3 Å². The first-order valence-electron chi connectivity index (χ1n) is 6.41. The molecule has 3 rings (SSSR count). The number of nitrogens with zero attached hydrogens (tertiary/aromatic N) is 2. The zero-order valence-electron chi connectivity index (χ0n) is 11.0. The molecule has 0 atom stereocenters. The highest BCUT2D eigenvalue weighted by molar-refractivity contribution is 6.29. The molecule has 1 aromatic heterocycles. The van der Waals surface area contributed by atoms with E-state index in [1.54, 1.807) is 6.07 Å². The first kappa shape index (κ1) is 13.0. The third-order valence-electron chi connectivity index (χ3n) is 3.00. The van der Waals surface area contributed by atoms with Crippen molar-refractivity contribution in [3.63, 3.8) is 0 Å². The highest BCUT2D eigenvalue weighted by Gasteiger charge is 2.16. The predicted octanol–water partition coefficient (Wildman–Crippen LogP) is 3.03. The van der Waals surface area contributed by atoms with Crippen LogP contribution < -0.4 is 14.8 Å². The van der Waals surface area contributed by atoms with Gasteiger partial charge >= 0.3 is 0 Å². The van der Waals surface area contributed by atoms with E-state index in [0.717, 1.165) is 29.3 Å². The normalized spacial score (nSPS) is 12.5. The van der Waals surface area contributed by atoms with Gasteiger partial charge < -0.3 is 14.8 Å². The van der Waals surface area contributed by atoms with Crippen LogP contribution in [0.5, 0.6) is 11.5 Å². The highest BCUT2D eigenvalue weighted by Crippen LogP contribution is 2.35. The lowest BCUT2D eigenvalue weighted by atomic mass is 10.2. The summed E-state index contributed by atoms with van der Waals surface area (Å²) in [6.07, 6.45) is 0.743. The lowest BCUT2D eigenvalue weighted by Gasteiger charge is -2.09. The van der Waals surface area contributed by atoms with Crippen molar-refractivity contribution in [2.75, 3.05) is 12.1 Å². The minimum Gasteiger partial charge on any atom is -0.454 e. The summed E-state index contributed by atoms with van der Waals surface area (Å²) in [4.78, 5) is 8.52. The average molecular weight is 292 g/mol. The second kappa shape index (κ2) is 5.54. The molecular formula is C14H14ClN3O2. The van der Waals surface area contributed by atoms with E-state index in [-0.39, 0.29) is 6.79 Å². The van der Waals surface area contributed by atoms with E-state index in [1.807, 2.05) is 25.1 Å². The Morgan fingerprint density at radius 2 is 2.20 bits per heavy atom. The fourth-order valence-corrected chi connectivity index (χ4v) is 2.23. The summed E-state index contributed by atoms with van der Waals surface area (Å²) in [5.41, 5.74) is 1.02. The number of nitrogens with one attached hydrogen (secondary N) is 1. The lowest BCUT2D eigenvalue weighted by Crippen LogP contribution is -2.05. The van der Waals surface area contributed by atoms with E-state index < -0.39 is 0 Å². The van der Waals surface area contributed by atoms with Gasteiger partial charge in [0, 0.05) is 24.6 Å². The largest absolute Gasteiger partial charge is 0.454 e. The van der Waals surface area contributed by atoms with Gasteiger partial charge in [0.25, 0.3) is 0 Å². The molecule has 1 N–H and O–H groups in total. The van der Waals surface area contributed by atoms with Crippen molar-refractivity contribution < 1.29 is 9.47 Å². The van der Waals surface area contributed by atoms with Crippen molar-refractivity contribution in [2.24, 2.45) is 0 Å². The van der Waals surface area contributed by atoms with Crippen molar-refractivity contribution in [2.45, 2.75) is 19.9 Å². The zero-order chi connectivity index (χ0) is 13.9. The van der Waals surface area contributed by atoms with Crippen LogP contribution in [0.15, 0.2) is 24.3 Å². The Labute approximate surface area is 121 Å². The predicted molar refractivity (Wildman–Crippen MR) is 76.3 cm³/mol. The molecule has 2 aromatic rings. The van der Waals surface area contributed by atoms with Crippen LogP contribution in [0.1, 0.15) is 18.3 Å². The average Bonchev–Trinajstić information content (AvgIpc) is 2.93. The minimum atomic E-state index is 0.270. The summed E-state index contributed by atoms with van der Waals surface area (Å²) in [5, 5.41) is 3.68. The van der Waals surface area contributed by atoms with Gasteiger partial charge in [-0.15, -0.1) is 0 Å². The highest BCUT2D eigenvalue weighted by atomic mass is 35.5. The molecule has 1 aliphatic heterocycles. The number of benzene rings is 1. The Balaban J connectivity index is 1.77. The standard InChI is InChI=1S/C14H14ClN3O2/c1-2-12-17-11(15)6-13(18-12)16-7-9-4-3-5-10-14(9)20-8-19-10/h3-6H,2,7-8H2,1H3,(H,16,17,18). The fraction of sp³-hybridized carbons (Fsp3) is 0.286. The maximum atomic E-state index is 5.97. The van der Waals surface area contributed by atoms with Gasteiger partial charge in [-0.25, -0.2) is 9.97 Å². The number of aromatic nitrogens is 2. The van der Waals surface area contributed by atoms with Crippen molar-refractivity contribution in [1.29, 1.82) is 0 Å². The summed E-state index contributed by atoms with van der Waals surface area (Å²) < 4.78 is 10.8. The third-order valence-corrected chi connectivity index (χ3v) is 3.19. The number of fused-ring (bicyclic) bond motifs is 1. The molecule has 1 aliphatic rings. The van der Waals surface area contributed by atoms with Crippen molar-refractivity contribution >= 4 is 17.4 Å². The summed E-state index contributed by atoms with van der Waals surface area (Å²) in [7, 11) is 0. The van der Waals surface area contributed by atoms with E-state index in [4.69, 9.17) is 21.1 Å². The van der Waals surface area contributed by atoms with Crippen LogP contribution in [0.25, 0.3) is 0 Å². The molecule has 104 valence electrons. The fourth-order valence-electron chi connectivity index (χ4n) is 2.03. The monoisotopic (exact) mass is 291 g/mol. The van der Waals surface area contributed by atoms with Crippen LogP contribution in [-0.4, -0.2) is 16.8 Å². The molecule has 0 bridgehead atoms. The van der Waals surface area contributed by atoms with E-state index in [2.05, 4.69) is 15.3 Å². The van der Waals surface area contributed by atoms with Crippen molar-refractivity contribution in [3.8, 4) is 11.5 Å². The van der Waals surface area contributed by atoms with Gasteiger partial charge in [0.1, 0.15) is 16.8 Å². The molecular weight excluding hydrogens is 278 g/mol. The summed E-state index contributed by atoms with van der Waals surface area (Å²) in [5.74, 6) is 2.99. The van der Waals surface area contributed by atoms with Crippen LogP contribution in [0.3, 0.4) is 0 Å². The molecule has 0 aliphatic carbocycles.